The second-order valence-corrected chi connectivity index (χ2v) is 5.00. The molecule has 0 aliphatic heterocycles. The number of nitrogen functional groups attached to an aromatic ring is 1. The third kappa shape index (κ3) is 2.52. The van der Waals surface area contributed by atoms with E-state index >= 15 is 0 Å². The van der Waals surface area contributed by atoms with Crippen LogP contribution in [0.3, 0.4) is 0 Å². The van der Waals surface area contributed by atoms with Gasteiger partial charge in [-0.05, 0) is 13.0 Å². The van der Waals surface area contributed by atoms with E-state index in [1.807, 2.05) is 61.5 Å². The lowest BCUT2D eigenvalue weighted by molar-refractivity contribution is 1.17. The lowest BCUT2D eigenvalue weighted by Gasteiger charge is -2.09. The van der Waals surface area contributed by atoms with Gasteiger partial charge >= 0.3 is 0 Å². The fourth-order valence-corrected chi connectivity index (χ4v) is 2.31. The van der Waals surface area contributed by atoms with Crippen LogP contribution in [0.1, 0.15) is 11.1 Å². The summed E-state index contributed by atoms with van der Waals surface area (Å²) in [7, 11) is 0. The van der Waals surface area contributed by atoms with Crippen LogP contribution in [-0.4, -0.2) is 9.97 Å². The average molecular weight is 286 g/mol. The normalized spacial score (nSPS) is 10.2. The Morgan fingerprint density at radius 3 is 2.36 bits per heavy atom. The predicted octanol–water partition coefficient (Wildman–Crippen LogP) is 3.57. The number of nitrogens with zero attached hydrogens (tertiary/aromatic N) is 3. The summed E-state index contributed by atoms with van der Waals surface area (Å²) < 4.78 is 0. The van der Waals surface area contributed by atoms with Gasteiger partial charge in [-0.15, -0.1) is 0 Å². The first-order valence-electron chi connectivity index (χ1n) is 6.89. The van der Waals surface area contributed by atoms with Crippen molar-refractivity contribution in [1.29, 1.82) is 5.26 Å². The fraction of sp³-hybridized carbons (Fsp3) is 0.0556. The molecule has 0 saturated carbocycles. The van der Waals surface area contributed by atoms with Gasteiger partial charge in [0.1, 0.15) is 17.5 Å². The van der Waals surface area contributed by atoms with E-state index in [0.717, 1.165) is 16.7 Å². The van der Waals surface area contributed by atoms with Gasteiger partial charge in [-0.1, -0.05) is 54.1 Å². The number of aryl methyl sites for hydroxylation is 1. The molecule has 2 N–H and O–H groups in total. The number of nitriles is 1. The summed E-state index contributed by atoms with van der Waals surface area (Å²) in [5, 5.41) is 9.38. The first-order chi connectivity index (χ1) is 10.7. The van der Waals surface area contributed by atoms with Crippen molar-refractivity contribution in [2.45, 2.75) is 6.92 Å². The van der Waals surface area contributed by atoms with Crippen LogP contribution in [0.15, 0.2) is 54.6 Å². The molecule has 0 radical (unpaired) electrons. The molecule has 0 atom stereocenters. The first-order valence-corrected chi connectivity index (χ1v) is 6.89. The van der Waals surface area contributed by atoms with Crippen molar-refractivity contribution in [1.82, 2.24) is 9.97 Å². The lowest BCUT2D eigenvalue weighted by Crippen LogP contribution is -2.03. The summed E-state index contributed by atoms with van der Waals surface area (Å²) in [4.78, 5) is 8.84. The van der Waals surface area contributed by atoms with E-state index in [9.17, 15) is 5.26 Å². The Bertz CT molecular complexity index is 864. The van der Waals surface area contributed by atoms with Gasteiger partial charge in [-0.3, -0.25) is 0 Å². The van der Waals surface area contributed by atoms with Crippen molar-refractivity contribution in [2.75, 3.05) is 5.73 Å². The highest BCUT2D eigenvalue weighted by molar-refractivity contribution is 5.75. The number of anilines is 1. The Morgan fingerprint density at radius 1 is 0.955 bits per heavy atom. The van der Waals surface area contributed by atoms with Crippen LogP contribution in [0.4, 0.5) is 5.82 Å². The molecule has 0 unspecified atom stereocenters. The Morgan fingerprint density at radius 2 is 1.68 bits per heavy atom. The fourth-order valence-electron chi connectivity index (χ4n) is 2.31. The van der Waals surface area contributed by atoms with Gasteiger partial charge in [0.2, 0.25) is 0 Å². The van der Waals surface area contributed by atoms with Crippen molar-refractivity contribution in [3.05, 3.63) is 65.7 Å². The third-order valence-electron chi connectivity index (χ3n) is 3.37. The zero-order valence-corrected chi connectivity index (χ0v) is 12.1. The third-order valence-corrected chi connectivity index (χ3v) is 3.37. The molecular weight excluding hydrogens is 272 g/mol. The van der Waals surface area contributed by atoms with Gasteiger partial charge in [-0.25, -0.2) is 9.97 Å². The topological polar surface area (TPSA) is 75.6 Å². The summed E-state index contributed by atoms with van der Waals surface area (Å²) in [6.07, 6.45) is 0. The second-order valence-electron chi connectivity index (χ2n) is 5.00. The summed E-state index contributed by atoms with van der Waals surface area (Å²) in [6, 6.07) is 19.5. The highest BCUT2D eigenvalue weighted by atomic mass is 15.0. The molecule has 4 heteroatoms. The molecule has 3 aromatic rings. The van der Waals surface area contributed by atoms with Crippen molar-refractivity contribution < 1.29 is 0 Å². The molecule has 0 spiro atoms. The molecule has 1 aromatic heterocycles. The minimum atomic E-state index is 0.202. The van der Waals surface area contributed by atoms with Gasteiger partial charge < -0.3 is 5.73 Å². The molecule has 2 aromatic carbocycles. The van der Waals surface area contributed by atoms with Crippen LogP contribution in [-0.2, 0) is 0 Å². The van der Waals surface area contributed by atoms with Crippen LogP contribution in [0.25, 0.3) is 22.6 Å². The number of rotatable bonds is 2. The molecule has 106 valence electrons. The molecule has 0 aliphatic carbocycles. The number of aromatic nitrogens is 2. The molecule has 0 amide bonds. The summed E-state index contributed by atoms with van der Waals surface area (Å²) >= 11 is 0. The van der Waals surface area contributed by atoms with Crippen LogP contribution < -0.4 is 5.73 Å². The maximum Gasteiger partial charge on any atom is 0.162 e. The molecule has 0 fully saturated rings. The van der Waals surface area contributed by atoms with Gasteiger partial charge in [0.15, 0.2) is 5.82 Å². The molecular formula is C18H14N4. The van der Waals surface area contributed by atoms with Gasteiger partial charge in [0.05, 0.1) is 5.69 Å². The largest absolute Gasteiger partial charge is 0.382 e. The monoisotopic (exact) mass is 286 g/mol. The SMILES string of the molecule is Cc1cccc(-c2nc(-c3ccccc3)nc(N)c2C#N)c1. The van der Waals surface area contributed by atoms with Crippen molar-refractivity contribution >= 4 is 5.82 Å². The van der Waals surface area contributed by atoms with E-state index in [-0.39, 0.29) is 5.82 Å². The molecule has 0 bridgehead atoms. The van der Waals surface area contributed by atoms with E-state index in [1.165, 1.54) is 0 Å². The Balaban J connectivity index is 2.25. The van der Waals surface area contributed by atoms with Crippen LogP contribution in [0.5, 0.6) is 0 Å². The van der Waals surface area contributed by atoms with E-state index < -0.39 is 0 Å². The first kappa shape index (κ1) is 13.8. The molecule has 22 heavy (non-hydrogen) atoms. The number of nitrogens with two attached hydrogens (primary N) is 1. The summed E-state index contributed by atoms with van der Waals surface area (Å²) in [6.45, 7) is 2.00. The van der Waals surface area contributed by atoms with Crippen molar-refractivity contribution in [2.24, 2.45) is 0 Å². The maximum atomic E-state index is 9.38. The number of benzene rings is 2. The highest BCUT2D eigenvalue weighted by Gasteiger charge is 2.15. The molecule has 1 heterocycles. The Kier molecular flexibility index (Phi) is 3.55. The zero-order valence-electron chi connectivity index (χ0n) is 12.1. The van der Waals surface area contributed by atoms with E-state index in [1.54, 1.807) is 0 Å². The van der Waals surface area contributed by atoms with Gasteiger partial charge in [0.25, 0.3) is 0 Å². The highest BCUT2D eigenvalue weighted by Crippen LogP contribution is 2.28. The van der Waals surface area contributed by atoms with Crippen molar-refractivity contribution in [3.8, 4) is 28.7 Å². The van der Waals surface area contributed by atoms with Gasteiger partial charge in [-0.2, -0.15) is 5.26 Å². The summed E-state index contributed by atoms with van der Waals surface area (Å²) in [5.74, 6) is 0.724. The van der Waals surface area contributed by atoms with E-state index in [0.29, 0.717) is 17.1 Å². The zero-order chi connectivity index (χ0) is 15.5. The molecule has 4 nitrogen and oxygen atoms in total. The van der Waals surface area contributed by atoms with E-state index in [2.05, 4.69) is 16.0 Å². The maximum absolute atomic E-state index is 9.38. The van der Waals surface area contributed by atoms with E-state index in [4.69, 9.17) is 5.73 Å². The Hall–Kier alpha value is -3.19. The summed E-state index contributed by atoms with van der Waals surface area (Å²) in [5.41, 5.74) is 9.68. The quantitative estimate of drug-likeness (QED) is 0.781. The molecule has 3 rings (SSSR count). The van der Waals surface area contributed by atoms with Crippen molar-refractivity contribution in [3.63, 3.8) is 0 Å². The Labute approximate surface area is 128 Å². The minimum absolute atomic E-state index is 0.202. The van der Waals surface area contributed by atoms with Gasteiger partial charge in [0, 0.05) is 11.1 Å². The molecule has 0 aliphatic rings. The van der Waals surface area contributed by atoms with Crippen LogP contribution in [0.2, 0.25) is 0 Å². The standard InChI is InChI=1S/C18H14N4/c1-12-6-5-9-14(10-12)16-15(11-19)17(20)22-18(21-16)13-7-3-2-4-8-13/h2-10H,1H3,(H2,20,21,22). The smallest absolute Gasteiger partial charge is 0.162 e. The second kappa shape index (κ2) is 5.66. The predicted molar refractivity (Wildman–Crippen MR) is 86.8 cm³/mol. The average Bonchev–Trinajstić information content (AvgIpc) is 2.55. The van der Waals surface area contributed by atoms with Crippen LogP contribution in [0, 0.1) is 18.3 Å². The number of hydrogen-bond acceptors (Lipinski definition) is 4. The number of hydrogen-bond donors (Lipinski definition) is 1. The van der Waals surface area contributed by atoms with Crippen LogP contribution >= 0.6 is 0 Å². The molecule has 0 saturated heterocycles. The lowest BCUT2D eigenvalue weighted by atomic mass is 10.0. The minimum Gasteiger partial charge on any atom is -0.382 e.